The van der Waals surface area contributed by atoms with Crippen molar-refractivity contribution in [3.8, 4) is 0 Å². The second-order valence-corrected chi connectivity index (χ2v) is 4.39. The van der Waals surface area contributed by atoms with Crippen LogP contribution in [0.15, 0.2) is 11.1 Å². The molecule has 78 valence electrons. The molecule has 1 rings (SSSR count). The molecule has 5 nitrogen and oxygen atoms in total. The summed E-state index contributed by atoms with van der Waals surface area (Å²) in [5, 5.41) is 9.76. The highest BCUT2D eigenvalue weighted by atomic mass is 32.2. The molecular formula is C8H14N4OS. The number of aromatic nitrogens is 2. The van der Waals surface area contributed by atoms with E-state index < -0.39 is 0 Å². The van der Waals surface area contributed by atoms with E-state index in [1.165, 1.54) is 11.8 Å². The highest BCUT2D eigenvalue weighted by Crippen LogP contribution is 2.24. The molecule has 0 amide bonds. The Morgan fingerprint density at radius 1 is 1.50 bits per heavy atom. The molecule has 0 spiro atoms. The molecule has 1 heterocycles. The molecule has 1 aromatic heterocycles. The van der Waals surface area contributed by atoms with Gasteiger partial charge in [-0.1, -0.05) is 6.92 Å². The first kappa shape index (κ1) is 11.1. The third-order valence-corrected chi connectivity index (χ3v) is 2.69. The average Bonchev–Trinajstić information content (AvgIpc) is 2.01. The fraction of sp³-hybridized carbons (Fsp3) is 0.500. The molecule has 0 bridgehead atoms. The maximum Gasteiger partial charge on any atom is 0.223 e. The molecular weight excluding hydrogens is 200 g/mol. The van der Waals surface area contributed by atoms with Crippen LogP contribution in [0.1, 0.15) is 13.3 Å². The lowest BCUT2D eigenvalue weighted by Crippen LogP contribution is -2.03. The minimum Gasteiger partial charge on any atom is -0.396 e. The van der Waals surface area contributed by atoms with E-state index in [-0.39, 0.29) is 17.8 Å². The van der Waals surface area contributed by atoms with Gasteiger partial charge in [0.25, 0.3) is 0 Å². The van der Waals surface area contributed by atoms with Gasteiger partial charge in [0.1, 0.15) is 10.8 Å². The number of rotatable bonds is 4. The number of nitrogens with zero attached hydrogens (tertiary/aromatic N) is 2. The molecule has 1 aromatic rings. The Bertz CT molecular complexity index is 287. The second-order valence-electron chi connectivity index (χ2n) is 2.93. The zero-order valence-electron chi connectivity index (χ0n) is 7.97. The van der Waals surface area contributed by atoms with Crippen molar-refractivity contribution in [2.24, 2.45) is 0 Å². The highest BCUT2D eigenvalue weighted by Gasteiger charge is 2.06. The number of nitrogen functional groups attached to an aromatic ring is 2. The number of hydrogen-bond donors (Lipinski definition) is 3. The van der Waals surface area contributed by atoms with Crippen LogP contribution >= 0.6 is 11.8 Å². The highest BCUT2D eigenvalue weighted by molar-refractivity contribution is 7.99. The van der Waals surface area contributed by atoms with Crippen LogP contribution in [0, 0.1) is 0 Å². The van der Waals surface area contributed by atoms with Crippen molar-refractivity contribution in [1.82, 2.24) is 9.97 Å². The fourth-order valence-corrected chi connectivity index (χ4v) is 1.94. The number of thioether (sulfide) groups is 1. The average molecular weight is 214 g/mol. The maximum absolute atomic E-state index is 8.73. The molecule has 0 aliphatic heterocycles. The molecule has 0 aliphatic carbocycles. The monoisotopic (exact) mass is 214 g/mol. The van der Waals surface area contributed by atoms with Gasteiger partial charge in [-0.05, 0) is 6.42 Å². The van der Waals surface area contributed by atoms with Gasteiger partial charge in [-0.2, -0.15) is 4.98 Å². The van der Waals surface area contributed by atoms with Crippen molar-refractivity contribution in [2.75, 3.05) is 18.1 Å². The van der Waals surface area contributed by atoms with Gasteiger partial charge in [-0.25, -0.2) is 4.98 Å². The van der Waals surface area contributed by atoms with Gasteiger partial charge in [0.05, 0.1) is 0 Å². The standard InChI is InChI=1S/C8H14N4OS/c1-5(2-3-13)14-7-4-6(9)11-8(10)12-7/h4-5,13H,2-3H2,1H3,(H4,9,10,11,12). The second kappa shape index (κ2) is 5.02. The van der Waals surface area contributed by atoms with Crippen molar-refractivity contribution < 1.29 is 5.11 Å². The lowest BCUT2D eigenvalue weighted by molar-refractivity contribution is 0.289. The van der Waals surface area contributed by atoms with Crippen LogP contribution in [-0.2, 0) is 0 Å². The summed E-state index contributed by atoms with van der Waals surface area (Å²) in [7, 11) is 0. The van der Waals surface area contributed by atoms with Crippen molar-refractivity contribution in [2.45, 2.75) is 23.6 Å². The SMILES string of the molecule is CC(CCO)Sc1cc(N)nc(N)n1. The van der Waals surface area contributed by atoms with Crippen LogP contribution in [0.25, 0.3) is 0 Å². The number of aliphatic hydroxyl groups is 1. The molecule has 14 heavy (non-hydrogen) atoms. The normalized spacial score (nSPS) is 12.7. The van der Waals surface area contributed by atoms with Crippen LogP contribution in [-0.4, -0.2) is 26.9 Å². The Kier molecular flexibility index (Phi) is 3.97. The summed E-state index contributed by atoms with van der Waals surface area (Å²) in [5.74, 6) is 0.555. The van der Waals surface area contributed by atoms with Gasteiger partial charge in [-0.15, -0.1) is 11.8 Å². The van der Waals surface area contributed by atoms with Gasteiger partial charge in [0, 0.05) is 17.9 Å². The minimum atomic E-state index is 0.171. The number of hydrogen-bond acceptors (Lipinski definition) is 6. The van der Waals surface area contributed by atoms with Crippen molar-refractivity contribution in [1.29, 1.82) is 0 Å². The van der Waals surface area contributed by atoms with Crippen LogP contribution in [0.4, 0.5) is 11.8 Å². The van der Waals surface area contributed by atoms with Gasteiger partial charge in [0.15, 0.2) is 0 Å². The van der Waals surface area contributed by atoms with Gasteiger partial charge < -0.3 is 16.6 Å². The molecule has 0 radical (unpaired) electrons. The topological polar surface area (TPSA) is 98.0 Å². The number of aliphatic hydroxyl groups excluding tert-OH is 1. The lowest BCUT2D eigenvalue weighted by Gasteiger charge is -2.08. The molecule has 6 heteroatoms. The molecule has 0 aromatic carbocycles. The van der Waals surface area contributed by atoms with E-state index in [0.29, 0.717) is 12.2 Å². The number of anilines is 2. The zero-order chi connectivity index (χ0) is 10.6. The van der Waals surface area contributed by atoms with E-state index in [1.54, 1.807) is 6.07 Å². The van der Waals surface area contributed by atoms with Crippen molar-refractivity contribution >= 4 is 23.5 Å². The van der Waals surface area contributed by atoms with Crippen LogP contribution in [0.3, 0.4) is 0 Å². The maximum atomic E-state index is 8.73. The van der Waals surface area contributed by atoms with E-state index in [4.69, 9.17) is 16.6 Å². The van der Waals surface area contributed by atoms with Crippen LogP contribution < -0.4 is 11.5 Å². The Morgan fingerprint density at radius 3 is 2.79 bits per heavy atom. The fourth-order valence-electron chi connectivity index (χ4n) is 0.968. The molecule has 0 fully saturated rings. The Morgan fingerprint density at radius 2 is 2.21 bits per heavy atom. The minimum absolute atomic E-state index is 0.171. The molecule has 1 atom stereocenters. The lowest BCUT2D eigenvalue weighted by atomic mass is 10.3. The molecule has 0 saturated carbocycles. The van der Waals surface area contributed by atoms with Crippen LogP contribution in [0.5, 0.6) is 0 Å². The largest absolute Gasteiger partial charge is 0.396 e. The van der Waals surface area contributed by atoms with E-state index in [1.807, 2.05) is 6.92 Å². The third-order valence-electron chi connectivity index (χ3n) is 1.60. The summed E-state index contributed by atoms with van der Waals surface area (Å²) in [6, 6.07) is 1.68. The van der Waals surface area contributed by atoms with Crippen molar-refractivity contribution in [3.63, 3.8) is 0 Å². The summed E-state index contributed by atoms with van der Waals surface area (Å²) in [6.07, 6.45) is 0.717. The first-order valence-electron chi connectivity index (χ1n) is 4.29. The summed E-state index contributed by atoms with van der Waals surface area (Å²) >= 11 is 1.53. The van der Waals surface area contributed by atoms with Gasteiger partial charge in [-0.3, -0.25) is 0 Å². The quantitative estimate of drug-likeness (QED) is 0.499. The molecule has 1 unspecified atom stereocenters. The smallest absolute Gasteiger partial charge is 0.223 e. The Balaban J connectivity index is 2.66. The summed E-state index contributed by atoms with van der Waals surface area (Å²) in [5.41, 5.74) is 11.0. The van der Waals surface area contributed by atoms with E-state index in [0.717, 1.165) is 5.03 Å². The van der Waals surface area contributed by atoms with Crippen molar-refractivity contribution in [3.05, 3.63) is 6.07 Å². The Labute approximate surface area is 86.9 Å². The predicted octanol–water partition coefficient (Wildman–Crippen LogP) is 0.504. The number of nitrogens with two attached hydrogens (primary N) is 2. The van der Waals surface area contributed by atoms with Gasteiger partial charge in [0.2, 0.25) is 5.95 Å². The summed E-state index contributed by atoms with van der Waals surface area (Å²) < 4.78 is 0. The van der Waals surface area contributed by atoms with E-state index in [9.17, 15) is 0 Å². The van der Waals surface area contributed by atoms with Crippen LogP contribution in [0.2, 0.25) is 0 Å². The molecule has 0 aliphatic rings. The van der Waals surface area contributed by atoms with Gasteiger partial charge >= 0.3 is 0 Å². The first-order valence-corrected chi connectivity index (χ1v) is 5.17. The first-order chi connectivity index (χ1) is 6.61. The predicted molar refractivity (Wildman–Crippen MR) is 57.9 cm³/mol. The zero-order valence-corrected chi connectivity index (χ0v) is 8.79. The Hall–Kier alpha value is -1.01. The van der Waals surface area contributed by atoms with E-state index >= 15 is 0 Å². The molecule has 0 saturated heterocycles. The summed E-state index contributed by atoms with van der Waals surface area (Å²) in [6.45, 7) is 2.18. The van der Waals surface area contributed by atoms with E-state index in [2.05, 4.69) is 9.97 Å². The summed E-state index contributed by atoms with van der Waals surface area (Å²) in [4.78, 5) is 7.79. The third kappa shape index (κ3) is 3.39. The molecule has 5 N–H and O–H groups in total.